The van der Waals surface area contributed by atoms with E-state index in [0.717, 1.165) is 37.4 Å². The third-order valence-corrected chi connectivity index (χ3v) is 4.54. The summed E-state index contributed by atoms with van der Waals surface area (Å²) in [6.45, 7) is 3.23. The van der Waals surface area contributed by atoms with E-state index in [-0.39, 0.29) is 11.8 Å². The van der Waals surface area contributed by atoms with Gasteiger partial charge in [-0.25, -0.2) is 0 Å². The van der Waals surface area contributed by atoms with Gasteiger partial charge in [0.05, 0.1) is 13.0 Å². The summed E-state index contributed by atoms with van der Waals surface area (Å²) in [5.41, 5.74) is 2.31. The van der Waals surface area contributed by atoms with Crippen LogP contribution >= 0.6 is 0 Å². The summed E-state index contributed by atoms with van der Waals surface area (Å²) in [4.78, 5) is 14.8. The number of nitrogens with one attached hydrogen (secondary N) is 1. The molecule has 0 aromatic heterocycles. The molecule has 1 unspecified atom stereocenters. The average molecular weight is 324 g/mol. The van der Waals surface area contributed by atoms with Gasteiger partial charge in [0.25, 0.3) is 0 Å². The normalized spacial score (nSPS) is 17.6. The molecule has 0 aliphatic carbocycles. The van der Waals surface area contributed by atoms with Crippen molar-refractivity contribution in [1.82, 2.24) is 10.2 Å². The largest absolute Gasteiger partial charge is 0.496 e. The molecule has 0 saturated carbocycles. The van der Waals surface area contributed by atoms with Crippen LogP contribution in [0.5, 0.6) is 5.75 Å². The molecule has 1 atom stereocenters. The lowest BCUT2D eigenvalue weighted by molar-refractivity contribution is -0.124. The number of methoxy groups -OCH3 is 1. The molecule has 0 bridgehead atoms. The predicted molar refractivity (Wildman–Crippen MR) is 94.7 cm³/mol. The molecule has 0 radical (unpaired) electrons. The van der Waals surface area contributed by atoms with E-state index >= 15 is 0 Å². The summed E-state index contributed by atoms with van der Waals surface area (Å²) in [7, 11) is 1.65. The van der Waals surface area contributed by atoms with Gasteiger partial charge in [0.1, 0.15) is 5.75 Å². The van der Waals surface area contributed by atoms with Crippen LogP contribution < -0.4 is 10.1 Å². The smallest absolute Gasteiger partial charge is 0.224 e. The maximum atomic E-state index is 12.4. The number of hydrogen-bond donors (Lipinski definition) is 1. The van der Waals surface area contributed by atoms with Crippen molar-refractivity contribution in [3.8, 4) is 5.75 Å². The Morgan fingerprint density at radius 3 is 2.71 bits per heavy atom. The molecule has 4 nitrogen and oxygen atoms in total. The molecule has 1 N–H and O–H groups in total. The maximum absolute atomic E-state index is 12.4. The van der Waals surface area contributed by atoms with E-state index in [0.29, 0.717) is 6.54 Å². The van der Waals surface area contributed by atoms with Crippen molar-refractivity contribution in [2.45, 2.75) is 19.5 Å². The van der Waals surface area contributed by atoms with Crippen LogP contribution in [0.25, 0.3) is 0 Å². The number of amides is 1. The molecule has 4 heteroatoms. The van der Waals surface area contributed by atoms with Gasteiger partial charge in [-0.2, -0.15) is 0 Å². The first-order valence-electron chi connectivity index (χ1n) is 8.42. The van der Waals surface area contributed by atoms with Crippen LogP contribution in [0.3, 0.4) is 0 Å². The number of ether oxygens (including phenoxy) is 1. The van der Waals surface area contributed by atoms with E-state index in [1.807, 2.05) is 30.3 Å². The monoisotopic (exact) mass is 324 g/mol. The third-order valence-electron chi connectivity index (χ3n) is 4.54. The highest BCUT2D eigenvalue weighted by Crippen LogP contribution is 2.20. The zero-order chi connectivity index (χ0) is 16.8. The zero-order valence-corrected chi connectivity index (χ0v) is 14.1. The van der Waals surface area contributed by atoms with Gasteiger partial charge in [0, 0.05) is 25.2 Å². The number of benzene rings is 2. The molecule has 1 heterocycles. The van der Waals surface area contributed by atoms with Gasteiger partial charge in [-0.3, -0.25) is 9.69 Å². The van der Waals surface area contributed by atoms with E-state index in [4.69, 9.17) is 4.74 Å². The van der Waals surface area contributed by atoms with Gasteiger partial charge >= 0.3 is 0 Å². The van der Waals surface area contributed by atoms with Gasteiger partial charge in [-0.05, 0) is 24.6 Å². The molecule has 2 aromatic carbocycles. The maximum Gasteiger partial charge on any atom is 0.224 e. The van der Waals surface area contributed by atoms with Crippen molar-refractivity contribution in [2.75, 3.05) is 20.2 Å². The molecule has 3 rings (SSSR count). The summed E-state index contributed by atoms with van der Waals surface area (Å²) in [6, 6.07) is 18.2. The number of hydrogen-bond acceptors (Lipinski definition) is 3. The van der Waals surface area contributed by atoms with Crippen LogP contribution in [0.2, 0.25) is 0 Å². The number of para-hydroxylation sites is 1. The van der Waals surface area contributed by atoms with Crippen molar-refractivity contribution < 1.29 is 9.53 Å². The van der Waals surface area contributed by atoms with Crippen molar-refractivity contribution in [1.29, 1.82) is 0 Å². The number of carbonyl (C=O) groups is 1. The van der Waals surface area contributed by atoms with Crippen LogP contribution in [-0.4, -0.2) is 31.0 Å². The first-order chi connectivity index (χ1) is 11.8. The Balaban J connectivity index is 1.49. The topological polar surface area (TPSA) is 41.6 Å². The fourth-order valence-electron chi connectivity index (χ4n) is 3.21. The van der Waals surface area contributed by atoms with Gasteiger partial charge in [0.15, 0.2) is 0 Å². The minimum Gasteiger partial charge on any atom is -0.496 e. The Kier molecular flexibility index (Phi) is 5.49. The summed E-state index contributed by atoms with van der Waals surface area (Å²) in [6.07, 6.45) is 0.921. The van der Waals surface area contributed by atoms with Crippen LogP contribution in [0.15, 0.2) is 54.6 Å². The fraction of sp³-hybridized carbons (Fsp3) is 0.350. The molecule has 24 heavy (non-hydrogen) atoms. The van der Waals surface area contributed by atoms with Crippen LogP contribution in [-0.2, 0) is 17.9 Å². The molecule has 1 aliphatic heterocycles. The molecule has 1 amide bonds. The fourth-order valence-corrected chi connectivity index (χ4v) is 3.21. The quantitative estimate of drug-likeness (QED) is 0.888. The molecule has 0 spiro atoms. The molecule has 1 fully saturated rings. The first kappa shape index (κ1) is 16.5. The number of nitrogens with zero attached hydrogens (tertiary/aromatic N) is 1. The van der Waals surface area contributed by atoms with Crippen molar-refractivity contribution in [3.63, 3.8) is 0 Å². The second-order valence-electron chi connectivity index (χ2n) is 6.24. The second-order valence-corrected chi connectivity index (χ2v) is 6.24. The average Bonchev–Trinajstić information content (AvgIpc) is 3.09. The lowest BCUT2D eigenvalue weighted by Crippen LogP contribution is -2.32. The summed E-state index contributed by atoms with van der Waals surface area (Å²) in [5, 5.41) is 3.05. The van der Waals surface area contributed by atoms with Crippen molar-refractivity contribution in [2.24, 2.45) is 5.92 Å². The minimum absolute atomic E-state index is 0.0726. The van der Waals surface area contributed by atoms with E-state index in [9.17, 15) is 4.79 Å². The molecule has 126 valence electrons. The number of carbonyl (C=O) groups excluding carboxylic acids is 1. The summed E-state index contributed by atoms with van der Waals surface area (Å²) >= 11 is 0. The Bertz CT molecular complexity index is 672. The highest BCUT2D eigenvalue weighted by Gasteiger charge is 2.28. The van der Waals surface area contributed by atoms with Gasteiger partial charge in [-0.15, -0.1) is 0 Å². The standard InChI is InChI=1S/C20H24N2O2/c1-24-19-10-6-5-9-17(19)13-21-20(23)18-11-12-22(15-18)14-16-7-3-2-4-8-16/h2-10,18H,11-15H2,1H3,(H,21,23). The van der Waals surface area contributed by atoms with Crippen LogP contribution in [0, 0.1) is 5.92 Å². The number of likely N-dealkylation sites (tertiary alicyclic amines) is 1. The van der Waals surface area contributed by atoms with Crippen LogP contribution in [0.1, 0.15) is 17.5 Å². The van der Waals surface area contributed by atoms with E-state index < -0.39 is 0 Å². The number of rotatable bonds is 6. The Morgan fingerprint density at radius 1 is 1.17 bits per heavy atom. The molecule has 1 aliphatic rings. The highest BCUT2D eigenvalue weighted by atomic mass is 16.5. The first-order valence-corrected chi connectivity index (χ1v) is 8.42. The molecule has 2 aromatic rings. The summed E-state index contributed by atoms with van der Waals surface area (Å²) < 4.78 is 5.33. The van der Waals surface area contributed by atoms with Gasteiger partial charge in [-0.1, -0.05) is 48.5 Å². The Hall–Kier alpha value is -2.33. The zero-order valence-electron chi connectivity index (χ0n) is 14.1. The Morgan fingerprint density at radius 2 is 1.92 bits per heavy atom. The molecular weight excluding hydrogens is 300 g/mol. The second kappa shape index (κ2) is 7.97. The SMILES string of the molecule is COc1ccccc1CNC(=O)C1CCN(Cc2ccccc2)C1. The van der Waals surface area contributed by atoms with Gasteiger partial charge < -0.3 is 10.1 Å². The van der Waals surface area contributed by atoms with E-state index in [2.05, 4.69) is 34.5 Å². The Labute approximate surface area is 143 Å². The van der Waals surface area contributed by atoms with Crippen molar-refractivity contribution in [3.05, 3.63) is 65.7 Å². The van der Waals surface area contributed by atoms with Crippen molar-refractivity contribution >= 4 is 5.91 Å². The molecular formula is C20H24N2O2. The highest BCUT2D eigenvalue weighted by molar-refractivity contribution is 5.79. The summed E-state index contributed by atoms with van der Waals surface area (Å²) in [5.74, 6) is 1.02. The van der Waals surface area contributed by atoms with E-state index in [1.54, 1.807) is 7.11 Å². The predicted octanol–water partition coefficient (Wildman–Crippen LogP) is 2.83. The lowest BCUT2D eigenvalue weighted by atomic mass is 10.1. The lowest BCUT2D eigenvalue weighted by Gasteiger charge is -2.16. The third kappa shape index (κ3) is 4.15. The molecule has 1 saturated heterocycles. The minimum atomic E-state index is 0.0726. The van der Waals surface area contributed by atoms with Crippen LogP contribution in [0.4, 0.5) is 0 Å². The van der Waals surface area contributed by atoms with E-state index in [1.165, 1.54) is 5.56 Å². The van der Waals surface area contributed by atoms with Gasteiger partial charge in [0.2, 0.25) is 5.91 Å².